The fourth-order valence-corrected chi connectivity index (χ4v) is 4.36. The van der Waals surface area contributed by atoms with Crippen LogP contribution >= 0.6 is 0 Å². The van der Waals surface area contributed by atoms with Crippen LogP contribution < -0.4 is 5.56 Å². The summed E-state index contributed by atoms with van der Waals surface area (Å²) in [5, 5.41) is 18.2. The number of carboxylic acids is 1. The summed E-state index contributed by atoms with van der Waals surface area (Å²) in [6.07, 6.45) is -2.38. The Bertz CT molecular complexity index is 1680. The van der Waals surface area contributed by atoms with Gasteiger partial charge in [0.1, 0.15) is 11.6 Å². The largest absolute Gasteiger partial charge is 0.478 e. The van der Waals surface area contributed by atoms with Crippen LogP contribution in [0.1, 0.15) is 33.4 Å². The van der Waals surface area contributed by atoms with Crippen molar-refractivity contribution in [3.05, 3.63) is 123 Å². The molecule has 0 unspecified atom stereocenters. The minimum Gasteiger partial charge on any atom is -0.478 e. The zero-order chi connectivity index (χ0) is 28.3. The molecule has 0 atom stereocenters. The summed E-state index contributed by atoms with van der Waals surface area (Å²) in [5.41, 5.74) is 2.16. The van der Waals surface area contributed by atoms with Crippen molar-refractivity contribution in [2.24, 2.45) is 0 Å². The lowest BCUT2D eigenvalue weighted by Crippen LogP contribution is -2.29. The number of benzene rings is 3. The number of nitrogens with zero attached hydrogens (tertiary/aromatic N) is 2. The van der Waals surface area contributed by atoms with Gasteiger partial charge >= 0.3 is 12.1 Å². The highest BCUT2D eigenvalue weighted by molar-refractivity contribution is 5.85. The molecule has 0 bridgehead atoms. The van der Waals surface area contributed by atoms with Gasteiger partial charge in [-0.2, -0.15) is 18.4 Å². The molecule has 8 heteroatoms. The van der Waals surface area contributed by atoms with Crippen molar-refractivity contribution in [2.45, 2.75) is 26.6 Å². The molecular formula is C31H23F3N2O3. The van der Waals surface area contributed by atoms with E-state index in [9.17, 15) is 28.0 Å². The van der Waals surface area contributed by atoms with E-state index in [2.05, 4.69) is 0 Å². The molecule has 4 rings (SSSR count). The molecule has 3 aromatic carbocycles. The van der Waals surface area contributed by atoms with E-state index < -0.39 is 28.8 Å². The number of halogens is 3. The van der Waals surface area contributed by atoms with Crippen molar-refractivity contribution in [2.75, 3.05) is 0 Å². The lowest BCUT2D eigenvalue weighted by molar-refractivity contribution is -0.138. The average molecular weight is 529 g/mol. The SMILES string of the molecule is Cc1ccc(Cn2c(-c3ccc(-c4ccc(/C=C/C(=O)O)cc4)cc3)cc(C(F)(F)F)c(C#N)c2=O)c(C)c1. The summed E-state index contributed by atoms with van der Waals surface area (Å²) < 4.78 is 42.8. The molecule has 0 amide bonds. The van der Waals surface area contributed by atoms with Gasteiger partial charge in [0.2, 0.25) is 0 Å². The van der Waals surface area contributed by atoms with Crippen molar-refractivity contribution >= 4 is 12.0 Å². The average Bonchev–Trinajstić information content (AvgIpc) is 2.89. The van der Waals surface area contributed by atoms with Gasteiger partial charge in [0.25, 0.3) is 5.56 Å². The Kier molecular flexibility index (Phi) is 7.54. The van der Waals surface area contributed by atoms with Gasteiger partial charge in [0.05, 0.1) is 17.8 Å². The van der Waals surface area contributed by atoms with Gasteiger partial charge in [-0.1, -0.05) is 72.3 Å². The first kappa shape index (κ1) is 27.1. The van der Waals surface area contributed by atoms with Gasteiger partial charge in [-0.05, 0) is 59.4 Å². The molecular weight excluding hydrogens is 505 g/mol. The van der Waals surface area contributed by atoms with Crippen LogP contribution in [0.3, 0.4) is 0 Å². The first-order valence-corrected chi connectivity index (χ1v) is 11.9. The van der Waals surface area contributed by atoms with E-state index in [4.69, 9.17) is 5.11 Å². The van der Waals surface area contributed by atoms with Crippen LogP contribution in [0.5, 0.6) is 0 Å². The van der Waals surface area contributed by atoms with E-state index in [1.54, 1.807) is 48.5 Å². The molecule has 196 valence electrons. The van der Waals surface area contributed by atoms with Crippen molar-refractivity contribution < 1.29 is 23.1 Å². The Morgan fingerprint density at radius 2 is 1.54 bits per heavy atom. The Balaban J connectivity index is 1.81. The molecule has 1 heterocycles. The van der Waals surface area contributed by atoms with E-state index in [0.29, 0.717) is 11.1 Å². The number of aromatic nitrogens is 1. The van der Waals surface area contributed by atoms with Gasteiger partial charge in [0.15, 0.2) is 0 Å². The molecule has 0 saturated carbocycles. The molecule has 0 radical (unpaired) electrons. The van der Waals surface area contributed by atoms with E-state index in [1.165, 1.54) is 16.7 Å². The molecule has 0 fully saturated rings. The molecule has 1 aromatic heterocycles. The Morgan fingerprint density at radius 3 is 2.08 bits per heavy atom. The number of hydrogen-bond donors (Lipinski definition) is 1. The maximum absolute atomic E-state index is 13.9. The fourth-order valence-electron chi connectivity index (χ4n) is 4.36. The number of rotatable bonds is 6. The Hall–Kier alpha value is -4.90. The highest BCUT2D eigenvalue weighted by Gasteiger charge is 2.36. The topological polar surface area (TPSA) is 83.1 Å². The Morgan fingerprint density at radius 1 is 0.949 bits per heavy atom. The Labute approximate surface area is 222 Å². The molecule has 0 aliphatic carbocycles. The van der Waals surface area contributed by atoms with Crippen molar-refractivity contribution in [3.63, 3.8) is 0 Å². The molecule has 39 heavy (non-hydrogen) atoms. The maximum Gasteiger partial charge on any atom is 0.417 e. The van der Waals surface area contributed by atoms with Gasteiger partial charge in [0, 0.05) is 6.08 Å². The quantitative estimate of drug-likeness (QED) is 0.278. The first-order chi connectivity index (χ1) is 18.5. The molecule has 1 N–H and O–H groups in total. The molecule has 5 nitrogen and oxygen atoms in total. The molecule has 0 aliphatic rings. The maximum atomic E-state index is 13.9. The van der Waals surface area contributed by atoms with Crippen LogP contribution in [0.25, 0.3) is 28.5 Å². The van der Waals surface area contributed by atoms with Crippen LogP contribution in [0, 0.1) is 25.2 Å². The number of hydrogen-bond acceptors (Lipinski definition) is 3. The number of pyridine rings is 1. The molecule has 0 saturated heterocycles. The number of alkyl halides is 3. The first-order valence-electron chi connectivity index (χ1n) is 11.9. The summed E-state index contributed by atoms with van der Waals surface area (Å²) in [6, 6.07) is 21.8. The number of aryl methyl sites for hydroxylation is 2. The summed E-state index contributed by atoms with van der Waals surface area (Å²) in [5.74, 6) is -1.05. The second kappa shape index (κ2) is 10.8. The third-order valence-corrected chi connectivity index (χ3v) is 6.39. The predicted octanol–water partition coefficient (Wildman–Crippen LogP) is 6.84. The predicted molar refractivity (Wildman–Crippen MR) is 143 cm³/mol. The van der Waals surface area contributed by atoms with Crippen molar-refractivity contribution in [1.82, 2.24) is 4.57 Å². The van der Waals surface area contributed by atoms with Gasteiger partial charge in [-0.3, -0.25) is 4.79 Å². The normalized spacial score (nSPS) is 11.5. The summed E-state index contributed by atoms with van der Waals surface area (Å²) >= 11 is 0. The second-order valence-corrected chi connectivity index (χ2v) is 9.12. The van der Waals surface area contributed by atoms with Crippen LogP contribution in [0.4, 0.5) is 13.2 Å². The van der Waals surface area contributed by atoms with E-state index in [0.717, 1.165) is 40.0 Å². The van der Waals surface area contributed by atoms with Gasteiger partial charge < -0.3 is 9.67 Å². The van der Waals surface area contributed by atoms with E-state index >= 15 is 0 Å². The van der Waals surface area contributed by atoms with E-state index in [-0.39, 0.29) is 12.2 Å². The molecule has 0 spiro atoms. The third kappa shape index (κ3) is 5.99. The van der Waals surface area contributed by atoms with Crippen LogP contribution in [-0.4, -0.2) is 15.6 Å². The van der Waals surface area contributed by atoms with Gasteiger partial charge in [-0.25, -0.2) is 4.79 Å². The smallest absolute Gasteiger partial charge is 0.417 e. The van der Waals surface area contributed by atoms with Crippen LogP contribution in [-0.2, 0) is 17.5 Å². The van der Waals surface area contributed by atoms with Crippen LogP contribution in [0.2, 0.25) is 0 Å². The molecule has 0 aliphatic heterocycles. The van der Waals surface area contributed by atoms with Gasteiger partial charge in [-0.15, -0.1) is 0 Å². The summed E-state index contributed by atoms with van der Waals surface area (Å²) in [4.78, 5) is 24.0. The monoisotopic (exact) mass is 528 g/mol. The number of nitriles is 1. The van der Waals surface area contributed by atoms with Crippen molar-refractivity contribution in [1.29, 1.82) is 5.26 Å². The highest BCUT2D eigenvalue weighted by Crippen LogP contribution is 2.34. The minimum absolute atomic E-state index is 0.000170. The number of carboxylic acid groups (broad SMARTS) is 1. The zero-order valence-electron chi connectivity index (χ0n) is 21.1. The minimum atomic E-state index is -4.88. The zero-order valence-corrected chi connectivity index (χ0v) is 21.1. The summed E-state index contributed by atoms with van der Waals surface area (Å²) in [6.45, 7) is 3.78. The summed E-state index contributed by atoms with van der Waals surface area (Å²) in [7, 11) is 0. The highest BCUT2D eigenvalue weighted by atomic mass is 19.4. The molecule has 4 aromatic rings. The van der Waals surface area contributed by atoms with Crippen LogP contribution in [0.15, 0.2) is 83.7 Å². The van der Waals surface area contributed by atoms with Crippen molar-refractivity contribution in [3.8, 4) is 28.5 Å². The lowest BCUT2D eigenvalue weighted by atomic mass is 9.99. The second-order valence-electron chi connectivity index (χ2n) is 9.12. The number of aliphatic carboxylic acids is 1. The number of carbonyl (C=O) groups is 1. The fraction of sp³-hybridized carbons (Fsp3) is 0.129. The van der Waals surface area contributed by atoms with E-state index in [1.807, 2.05) is 32.0 Å². The standard InChI is InChI=1S/C31H23F3N2O3/c1-19-3-7-25(20(2)15-19)18-36-28(16-27(31(32,33)34)26(17-35)30(36)39)24-12-10-23(11-13-24)22-8-4-21(5-9-22)6-14-29(37)38/h3-16H,18H2,1-2H3,(H,37,38)/b14-6+. The lowest BCUT2D eigenvalue weighted by Gasteiger charge is -2.19. The third-order valence-electron chi connectivity index (χ3n) is 6.39.